The van der Waals surface area contributed by atoms with Gasteiger partial charge in [0.2, 0.25) is 0 Å². The van der Waals surface area contributed by atoms with Crippen molar-refractivity contribution in [3.63, 3.8) is 0 Å². The number of carbonyl (C=O) groups is 1. The van der Waals surface area contributed by atoms with Gasteiger partial charge in [-0.25, -0.2) is 9.18 Å². The number of rotatable bonds is 5. The standard InChI is InChI=1S/C16H15FO4/c1-10-6-7-11(17)8-15(10)21-9-13-12(16(18)19)4-3-5-14(13)20-2/h3-8H,9H2,1-2H3,(H,18,19). The van der Waals surface area contributed by atoms with Crippen molar-refractivity contribution in [2.75, 3.05) is 7.11 Å². The van der Waals surface area contributed by atoms with Crippen LogP contribution in [0.15, 0.2) is 36.4 Å². The average Bonchev–Trinajstić information content (AvgIpc) is 2.47. The molecule has 0 saturated heterocycles. The molecule has 2 rings (SSSR count). The molecule has 0 amide bonds. The zero-order chi connectivity index (χ0) is 15.4. The molecule has 110 valence electrons. The zero-order valence-electron chi connectivity index (χ0n) is 11.7. The van der Waals surface area contributed by atoms with E-state index in [0.717, 1.165) is 5.56 Å². The van der Waals surface area contributed by atoms with Crippen LogP contribution in [0.4, 0.5) is 4.39 Å². The van der Waals surface area contributed by atoms with E-state index in [1.807, 2.05) is 0 Å². The van der Waals surface area contributed by atoms with Crippen molar-refractivity contribution in [1.82, 2.24) is 0 Å². The van der Waals surface area contributed by atoms with Crippen LogP contribution in [0.5, 0.6) is 11.5 Å². The van der Waals surface area contributed by atoms with E-state index in [-0.39, 0.29) is 12.2 Å². The van der Waals surface area contributed by atoms with Crippen LogP contribution < -0.4 is 9.47 Å². The molecule has 1 N–H and O–H groups in total. The summed E-state index contributed by atoms with van der Waals surface area (Å²) in [5, 5.41) is 9.21. The van der Waals surface area contributed by atoms with Crippen molar-refractivity contribution in [3.8, 4) is 11.5 Å². The maximum atomic E-state index is 13.2. The molecule has 0 spiro atoms. The summed E-state index contributed by atoms with van der Waals surface area (Å²) >= 11 is 0. The molecular formula is C16H15FO4. The van der Waals surface area contributed by atoms with Crippen LogP contribution in [-0.4, -0.2) is 18.2 Å². The SMILES string of the molecule is COc1cccc(C(=O)O)c1COc1cc(F)ccc1C. The molecule has 5 heteroatoms. The fourth-order valence-electron chi connectivity index (χ4n) is 1.99. The first-order chi connectivity index (χ1) is 10.0. The number of ether oxygens (including phenoxy) is 2. The quantitative estimate of drug-likeness (QED) is 0.916. The highest BCUT2D eigenvalue weighted by Gasteiger charge is 2.15. The summed E-state index contributed by atoms with van der Waals surface area (Å²) in [5.41, 5.74) is 1.28. The van der Waals surface area contributed by atoms with Gasteiger partial charge in [0.1, 0.15) is 23.9 Å². The molecule has 21 heavy (non-hydrogen) atoms. The molecule has 4 nitrogen and oxygen atoms in total. The summed E-state index contributed by atoms with van der Waals surface area (Å²) in [4.78, 5) is 11.3. The largest absolute Gasteiger partial charge is 0.496 e. The van der Waals surface area contributed by atoms with Crippen LogP contribution in [0.1, 0.15) is 21.5 Å². The molecule has 0 aliphatic rings. The highest BCUT2D eigenvalue weighted by Crippen LogP contribution is 2.26. The highest BCUT2D eigenvalue weighted by molar-refractivity contribution is 5.90. The molecule has 0 atom stereocenters. The van der Waals surface area contributed by atoms with Crippen molar-refractivity contribution >= 4 is 5.97 Å². The fraction of sp³-hybridized carbons (Fsp3) is 0.188. The maximum absolute atomic E-state index is 13.2. The van der Waals surface area contributed by atoms with Gasteiger partial charge in [-0.05, 0) is 30.7 Å². The Morgan fingerprint density at radius 2 is 2.00 bits per heavy atom. The van der Waals surface area contributed by atoms with Gasteiger partial charge in [-0.2, -0.15) is 0 Å². The number of aromatic carboxylic acids is 1. The number of carboxylic acid groups (broad SMARTS) is 1. The number of aryl methyl sites for hydroxylation is 1. The van der Waals surface area contributed by atoms with Crippen LogP contribution in [0, 0.1) is 12.7 Å². The Balaban J connectivity index is 2.31. The third kappa shape index (κ3) is 3.31. The topological polar surface area (TPSA) is 55.8 Å². The van der Waals surface area contributed by atoms with E-state index >= 15 is 0 Å². The van der Waals surface area contributed by atoms with Gasteiger partial charge in [-0.1, -0.05) is 12.1 Å². The number of halogens is 1. The lowest BCUT2D eigenvalue weighted by atomic mass is 10.1. The van der Waals surface area contributed by atoms with Gasteiger partial charge in [0.25, 0.3) is 0 Å². The predicted molar refractivity (Wildman–Crippen MR) is 75.4 cm³/mol. The lowest BCUT2D eigenvalue weighted by Gasteiger charge is -2.14. The Kier molecular flexibility index (Phi) is 4.42. The van der Waals surface area contributed by atoms with Gasteiger partial charge < -0.3 is 14.6 Å². The summed E-state index contributed by atoms with van der Waals surface area (Å²) < 4.78 is 23.9. The minimum atomic E-state index is -1.07. The minimum Gasteiger partial charge on any atom is -0.496 e. The van der Waals surface area contributed by atoms with Crippen LogP contribution >= 0.6 is 0 Å². The molecule has 2 aromatic carbocycles. The minimum absolute atomic E-state index is 0.0179. The van der Waals surface area contributed by atoms with E-state index in [1.54, 1.807) is 25.1 Å². The Labute approximate surface area is 121 Å². The van der Waals surface area contributed by atoms with E-state index in [0.29, 0.717) is 17.1 Å². The second kappa shape index (κ2) is 6.26. The lowest BCUT2D eigenvalue weighted by molar-refractivity contribution is 0.0693. The molecular weight excluding hydrogens is 275 g/mol. The number of benzene rings is 2. The predicted octanol–water partition coefficient (Wildman–Crippen LogP) is 3.42. The summed E-state index contributed by atoms with van der Waals surface area (Å²) in [7, 11) is 1.46. The van der Waals surface area contributed by atoms with E-state index in [2.05, 4.69) is 0 Å². The molecule has 0 fully saturated rings. The van der Waals surface area contributed by atoms with Gasteiger partial charge in [-0.15, -0.1) is 0 Å². The number of hydrogen-bond acceptors (Lipinski definition) is 3. The molecule has 0 unspecified atom stereocenters. The van der Waals surface area contributed by atoms with Gasteiger partial charge >= 0.3 is 5.97 Å². The first-order valence-corrected chi connectivity index (χ1v) is 6.31. The van der Waals surface area contributed by atoms with E-state index < -0.39 is 11.8 Å². The molecule has 0 aliphatic heterocycles. The summed E-state index contributed by atoms with van der Waals surface area (Å²) in [5.74, 6) is -0.682. The van der Waals surface area contributed by atoms with Gasteiger partial charge in [0, 0.05) is 11.6 Å². The molecule has 2 aromatic rings. The highest BCUT2D eigenvalue weighted by atomic mass is 19.1. The Bertz CT molecular complexity index is 667. The molecule has 0 bridgehead atoms. The zero-order valence-corrected chi connectivity index (χ0v) is 11.7. The molecule has 0 heterocycles. The van der Waals surface area contributed by atoms with Gasteiger partial charge in [0.05, 0.1) is 12.7 Å². The van der Waals surface area contributed by atoms with Crippen molar-refractivity contribution in [2.45, 2.75) is 13.5 Å². The van der Waals surface area contributed by atoms with Crippen molar-refractivity contribution in [3.05, 3.63) is 58.9 Å². The Morgan fingerprint density at radius 3 is 2.67 bits per heavy atom. The van der Waals surface area contributed by atoms with E-state index in [4.69, 9.17) is 9.47 Å². The van der Waals surface area contributed by atoms with E-state index in [1.165, 1.54) is 25.3 Å². The first-order valence-electron chi connectivity index (χ1n) is 6.31. The summed E-state index contributed by atoms with van der Waals surface area (Å²) in [6.07, 6.45) is 0. The Morgan fingerprint density at radius 1 is 1.24 bits per heavy atom. The van der Waals surface area contributed by atoms with Crippen molar-refractivity contribution < 1.29 is 23.8 Å². The van der Waals surface area contributed by atoms with Gasteiger partial charge in [-0.3, -0.25) is 0 Å². The monoisotopic (exact) mass is 290 g/mol. The Hall–Kier alpha value is -2.56. The molecule has 0 aromatic heterocycles. The van der Waals surface area contributed by atoms with E-state index in [9.17, 15) is 14.3 Å². The lowest BCUT2D eigenvalue weighted by Crippen LogP contribution is -2.08. The van der Waals surface area contributed by atoms with Crippen molar-refractivity contribution in [2.24, 2.45) is 0 Å². The molecule has 0 radical (unpaired) electrons. The maximum Gasteiger partial charge on any atom is 0.336 e. The average molecular weight is 290 g/mol. The second-order valence-electron chi connectivity index (χ2n) is 4.49. The number of carboxylic acids is 1. The third-order valence-electron chi connectivity index (χ3n) is 3.11. The summed E-state index contributed by atoms with van der Waals surface area (Å²) in [6.45, 7) is 1.77. The van der Waals surface area contributed by atoms with Crippen LogP contribution in [0.25, 0.3) is 0 Å². The third-order valence-corrected chi connectivity index (χ3v) is 3.11. The normalized spacial score (nSPS) is 10.2. The van der Waals surface area contributed by atoms with Gasteiger partial charge in [0.15, 0.2) is 0 Å². The molecule has 0 saturated carbocycles. The number of methoxy groups -OCH3 is 1. The first kappa shape index (κ1) is 14.8. The van der Waals surface area contributed by atoms with Crippen molar-refractivity contribution in [1.29, 1.82) is 0 Å². The van der Waals surface area contributed by atoms with Crippen LogP contribution in [-0.2, 0) is 6.61 Å². The molecule has 0 aliphatic carbocycles. The second-order valence-corrected chi connectivity index (χ2v) is 4.49. The van der Waals surface area contributed by atoms with Crippen LogP contribution in [0.3, 0.4) is 0 Å². The summed E-state index contributed by atoms with van der Waals surface area (Å²) in [6, 6.07) is 8.94. The fourth-order valence-corrected chi connectivity index (χ4v) is 1.99. The smallest absolute Gasteiger partial charge is 0.336 e. The van der Waals surface area contributed by atoms with Crippen LogP contribution in [0.2, 0.25) is 0 Å². The number of hydrogen-bond donors (Lipinski definition) is 1.